The van der Waals surface area contributed by atoms with Crippen LogP contribution in [0.4, 0.5) is 27.5 Å². The maximum atomic E-state index is 13.2. The molecule has 0 aromatic heterocycles. The molecule has 0 radical (unpaired) electrons. The summed E-state index contributed by atoms with van der Waals surface area (Å²) >= 11 is 2.22. The molecule has 1 saturated heterocycles. The Kier molecular flexibility index (Phi) is 11.2. The number of carbonyl (C=O) groups excluding carboxylic acids is 4. The average molecular weight is 650 g/mol. The number of nitrogens with zero attached hydrogens (tertiary/aromatic N) is 3. The zero-order valence-corrected chi connectivity index (χ0v) is 26.4. The number of carbonyl (C=O) groups is 4. The third-order valence-corrected chi connectivity index (χ3v) is 8.27. The van der Waals surface area contributed by atoms with Crippen LogP contribution in [0.2, 0.25) is 0 Å². The van der Waals surface area contributed by atoms with Gasteiger partial charge in [-0.3, -0.25) is 34.2 Å². The van der Waals surface area contributed by atoms with Gasteiger partial charge in [0.15, 0.2) is 6.61 Å². The van der Waals surface area contributed by atoms with Crippen LogP contribution in [0.3, 0.4) is 0 Å². The molecule has 45 heavy (non-hydrogen) atoms. The number of nitro groups is 1. The van der Waals surface area contributed by atoms with Crippen LogP contribution in [-0.4, -0.2) is 65.3 Å². The molecule has 3 aromatic rings. The highest BCUT2D eigenvalue weighted by molar-refractivity contribution is 8.18. The number of nitrogens with one attached hydrogen (secondary N) is 2. The number of hydrogen-bond acceptors (Lipinski definition) is 10. The van der Waals surface area contributed by atoms with Crippen molar-refractivity contribution < 1.29 is 28.8 Å². The van der Waals surface area contributed by atoms with Crippen molar-refractivity contribution in [1.82, 2.24) is 4.90 Å². The van der Waals surface area contributed by atoms with Crippen LogP contribution in [0.15, 0.2) is 76.5 Å². The Balaban J connectivity index is 1.51. The van der Waals surface area contributed by atoms with Gasteiger partial charge in [-0.2, -0.15) is 0 Å². The second-order valence-corrected chi connectivity index (χ2v) is 11.5. The molecule has 14 heteroatoms. The summed E-state index contributed by atoms with van der Waals surface area (Å²) in [6.07, 6.45) is 3.40. The van der Waals surface area contributed by atoms with E-state index in [1.165, 1.54) is 42.1 Å². The Labute approximate surface area is 268 Å². The molecule has 2 N–H and O–H groups in total. The second kappa shape index (κ2) is 15.3. The van der Waals surface area contributed by atoms with Crippen molar-refractivity contribution in [3.05, 3.63) is 87.3 Å². The molecule has 4 amide bonds. The van der Waals surface area contributed by atoms with Crippen molar-refractivity contribution in [3.8, 4) is 5.75 Å². The van der Waals surface area contributed by atoms with Gasteiger partial charge in [0.25, 0.3) is 22.7 Å². The van der Waals surface area contributed by atoms with Crippen molar-refractivity contribution >= 4 is 75.3 Å². The molecular formula is C31H31N5O7S2. The smallest absolute Gasteiger partial charge is 0.294 e. The number of amides is 4. The summed E-state index contributed by atoms with van der Waals surface area (Å²) in [5.41, 5.74) is 1.89. The number of nitro benzene ring substituents is 1. The van der Waals surface area contributed by atoms with Crippen molar-refractivity contribution in [2.45, 2.75) is 18.7 Å². The minimum Gasteiger partial charge on any atom is -0.483 e. The lowest BCUT2D eigenvalue weighted by Crippen LogP contribution is -2.36. The van der Waals surface area contributed by atoms with Gasteiger partial charge in [-0.1, -0.05) is 12.1 Å². The lowest BCUT2D eigenvalue weighted by atomic mass is 10.1. The number of non-ortho nitro benzene ring substituents is 1. The van der Waals surface area contributed by atoms with E-state index in [1.807, 2.05) is 32.2 Å². The normalized spacial score (nSPS) is 13.6. The number of benzene rings is 3. The monoisotopic (exact) mass is 649 g/mol. The maximum Gasteiger partial charge on any atom is 0.294 e. The SMILES string of the molecule is CCN(CC)c1ccc(/C=C2/SC(=O)N(CC(=O)Nc3cccc(SC)c3)C2=O)c(OCC(=O)Nc2cccc([N+](=O)[O-])c2)c1. The average Bonchev–Trinajstić information content (AvgIpc) is 3.28. The summed E-state index contributed by atoms with van der Waals surface area (Å²) in [4.78, 5) is 65.8. The first-order chi connectivity index (χ1) is 21.6. The fraction of sp³-hybridized carbons (Fsp3) is 0.226. The Bertz CT molecular complexity index is 1660. The molecule has 12 nitrogen and oxygen atoms in total. The standard InChI is InChI=1S/C31H31N5O7S2/c1-4-34(5-2)23-13-12-20(26(17-23)43-19-29(38)33-21-8-6-10-24(15-21)36(41)42)14-27-30(39)35(31(40)45-27)18-28(37)32-22-9-7-11-25(16-22)44-3/h6-17H,4-5,18-19H2,1-3H3,(H,32,37)(H,33,38)/b27-14+. The van der Waals surface area contributed by atoms with E-state index in [0.29, 0.717) is 36.1 Å². The number of imide groups is 1. The van der Waals surface area contributed by atoms with Gasteiger partial charge in [0.05, 0.1) is 9.83 Å². The van der Waals surface area contributed by atoms with E-state index in [1.54, 1.807) is 30.3 Å². The van der Waals surface area contributed by atoms with Crippen LogP contribution in [-0.2, 0) is 14.4 Å². The minimum atomic E-state index is -0.625. The number of thioether (sulfide) groups is 2. The first kappa shape index (κ1) is 33.1. The Hall–Kier alpha value is -4.82. The van der Waals surface area contributed by atoms with Crippen molar-refractivity contribution in [3.63, 3.8) is 0 Å². The largest absolute Gasteiger partial charge is 0.483 e. The lowest BCUT2D eigenvalue weighted by Gasteiger charge is -2.22. The first-order valence-corrected chi connectivity index (χ1v) is 15.9. The molecule has 0 unspecified atom stereocenters. The van der Waals surface area contributed by atoms with Gasteiger partial charge in [-0.05, 0) is 74.3 Å². The van der Waals surface area contributed by atoms with E-state index in [4.69, 9.17) is 4.74 Å². The molecule has 1 fully saturated rings. The number of anilines is 3. The molecule has 1 heterocycles. The molecule has 0 aliphatic carbocycles. The van der Waals surface area contributed by atoms with E-state index in [9.17, 15) is 29.3 Å². The van der Waals surface area contributed by atoms with E-state index in [2.05, 4.69) is 15.5 Å². The van der Waals surface area contributed by atoms with Gasteiger partial charge in [0.1, 0.15) is 12.3 Å². The highest BCUT2D eigenvalue weighted by Crippen LogP contribution is 2.35. The van der Waals surface area contributed by atoms with Crippen molar-refractivity contribution in [1.29, 1.82) is 0 Å². The van der Waals surface area contributed by atoms with E-state index in [0.717, 1.165) is 15.5 Å². The highest BCUT2D eigenvalue weighted by Gasteiger charge is 2.36. The third-order valence-electron chi connectivity index (χ3n) is 6.64. The number of rotatable bonds is 13. The summed E-state index contributed by atoms with van der Waals surface area (Å²) < 4.78 is 5.88. The first-order valence-electron chi connectivity index (χ1n) is 13.9. The Morgan fingerprint density at radius 1 is 1.00 bits per heavy atom. The number of ether oxygens (including phenoxy) is 1. The molecule has 0 saturated carbocycles. The zero-order chi connectivity index (χ0) is 32.5. The Morgan fingerprint density at radius 3 is 2.38 bits per heavy atom. The summed E-state index contributed by atoms with van der Waals surface area (Å²) in [6.45, 7) is 4.54. The predicted octanol–water partition coefficient (Wildman–Crippen LogP) is 5.86. The van der Waals surface area contributed by atoms with Gasteiger partial charge in [0, 0.05) is 58.8 Å². The molecule has 0 atom stereocenters. The molecule has 3 aromatic carbocycles. The lowest BCUT2D eigenvalue weighted by molar-refractivity contribution is -0.384. The summed E-state index contributed by atoms with van der Waals surface area (Å²) in [5, 5.41) is 15.8. The van der Waals surface area contributed by atoms with Gasteiger partial charge >= 0.3 is 0 Å². The fourth-order valence-electron chi connectivity index (χ4n) is 4.41. The highest BCUT2D eigenvalue weighted by atomic mass is 32.2. The van der Waals surface area contributed by atoms with Crippen LogP contribution in [0, 0.1) is 10.1 Å². The Morgan fingerprint density at radius 2 is 1.69 bits per heavy atom. The van der Waals surface area contributed by atoms with Crippen LogP contribution < -0.4 is 20.3 Å². The summed E-state index contributed by atoms with van der Waals surface area (Å²) in [6, 6.07) is 18.1. The predicted molar refractivity (Wildman–Crippen MR) is 177 cm³/mol. The number of hydrogen-bond donors (Lipinski definition) is 2. The zero-order valence-electron chi connectivity index (χ0n) is 24.8. The van der Waals surface area contributed by atoms with E-state index in [-0.39, 0.29) is 22.0 Å². The van der Waals surface area contributed by atoms with Gasteiger partial charge < -0.3 is 20.3 Å². The molecule has 0 spiro atoms. The second-order valence-electron chi connectivity index (χ2n) is 9.59. The topological polar surface area (TPSA) is 151 Å². The van der Waals surface area contributed by atoms with Gasteiger partial charge in [-0.15, -0.1) is 11.8 Å². The fourth-order valence-corrected chi connectivity index (χ4v) is 5.70. The van der Waals surface area contributed by atoms with Crippen molar-refractivity contribution in [2.75, 3.05) is 48.0 Å². The summed E-state index contributed by atoms with van der Waals surface area (Å²) in [5.74, 6) is -1.41. The van der Waals surface area contributed by atoms with E-state index >= 15 is 0 Å². The van der Waals surface area contributed by atoms with Crippen LogP contribution in [0.5, 0.6) is 5.75 Å². The molecular weight excluding hydrogens is 619 g/mol. The molecule has 234 valence electrons. The van der Waals surface area contributed by atoms with Crippen LogP contribution in [0.1, 0.15) is 19.4 Å². The molecule has 1 aliphatic rings. The molecule has 1 aliphatic heterocycles. The van der Waals surface area contributed by atoms with E-state index < -0.39 is 41.0 Å². The maximum absolute atomic E-state index is 13.2. The van der Waals surface area contributed by atoms with Gasteiger partial charge in [0.2, 0.25) is 5.91 Å². The quantitative estimate of drug-likeness (QED) is 0.0998. The third kappa shape index (κ3) is 8.64. The van der Waals surface area contributed by atoms with Gasteiger partial charge in [-0.25, -0.2) is 0 Å². The van der Waals surface area contributed by atoms with Crippen molar-refractivity contribution in [2.24, 2.45) is 0 Å². The molecule has 4 rings (SSSR count). The minimum absolute atomic E-state index is 0.0960. The van der Waals surface area contributed by atoms with Crippen LogP contribution in [0.25, 0.3) is 6.08 Å². The van der Waals surface area contributed by atoms with Crippen LogP contribution >= 0.6 is 23.5 Å². The summed E-state index contributed by atoms with van der Waals surface area (Å²) in [7, 11) is 0. The molecule has 0 bridgehead atoms.